The van der Waals surface area contributed by atoms with E-state index in [1.54, 1.807) is 0 Å². The van der Waals surface area contributed by atoms with Crippen LogP contribution >= 0.6 is 0 Å². The van der Waals surface area contributed by atoms with Crippen molar-refractivity contribution in [3.63, 3.8) is 0 Å². The van der Waals surface area contributed by atoms with Crippen molar-refractivity contribution in [3.8, 4) is 5.75 Å². The van der Waals surface area contributed by atoms with Crippen LogP contribution in [-0.2, 0) is 15.8 Å². The molecule has 1 aromatic carbocycles. The Kier molecular flexibility index (Phi) is 5.31. The Balaban J connectivity index is 1.98. The van der Waals surface area contributed by atoms with Gasteiger partial charge >= 0.3 is 0 Å². The summed E-state index contributed by atoms with van der Waals surface area (Å²) in [5.74, 6) is 1.14. The molecule has 4 nitrogen and oxygen atoms in total. The highest BCUT2D eigenvalue weighted by Crippen LogP contribution is 2.22. The molecule has 110 valence electrons. The molecule has 2 rings (SSSR count). The van der Waals surface area contributed by atoms with E-state index in [0.29, 0.717) is 25.2 Å². The first-order valence-corrected chi connectivity index (χ1v) is 8.18. The van der Waals surface area contributed by atoms with E-state index in [0.717, 1.165) is 29.1 Å². The third-order valence-electron chi connectivity index (χ3n) is 3.48. The average molecular weight is 295 g/mol. The molecule has 0 spiro atoms. The molecule has 0 saturated heterocycles. The summed E-state index contributed by atoms with van der Waals surface area (Å²) in [6.07, 6.45) is 2.75. The van der Waals surface area contributed by atoms with Gasteiger partial charge in [0.2, 0.25) is 0 Å². The van der Waals surface area contributed by atoms with E-state index in [-0.39, 0.29) is 6.04 Å². The van der Waals surface area contributed by atoms with Crippen molar-refractivity contribution in [2.75, 3.05) is 6.61 Å². The van der Waals surface area contributed by atoms with Crippen molar-refractivity contribution in [3.05, 3.63) is 23.8 Å². The second-order valence-corrected chi connectivity index (χ2v) is 6.30. The lowest BCUT2D eigenvalue weighted by Crippen LogP contribution is -2.34. The molecular weight excluding hydrogens is 274 g/mol. The van der Waals surface area contributed by atoms with Crippen LogP contribution in [0, 0.1) is 6.92 Å². The molecule has 1 N–H and O–H groups in total. The maximum Gasteiger partial charge on any atom is 0.133 e. The fourth-order valence-corrected chi connectivity index (χ4v) is 3.48. The number of aryl methyl sites for hydroxylation is 1. The number of carbonyl (C=O) groups excluding carboxylic acids is 1. The zero-order valence-electron chi connectivity index (χ0n) is 12.0. The van der Waals surface area contributed by atoms with Crippen LogP contribution in [0.1, 0.15) is 38.2 Å². The normalized spacial score (nSPS) is 18.0. The van der Waals surface area contributed by atoms with Crippen molar-refractivity contribution >= 4 is 16.8 Å². The molecule has 1 saturated carbocycles. The Morgan fingerprint density at radius 2 is 2.05 bits per heavy atom. The van der Waals surface area contributed by atoms with E-state index >= 15 is 0 Å². The SMILES string of the molecule is CCOc1ccc(S(=O)NC2CCC(=O)CC2)cc1C. The predicted octanol–water partition coefficient (Wildman–Crippen LogP) is 2.52. The maximum atomic E-state index is 12.3. The molecule has 1 aromatic rings. The number of hydrogen-bond donors (Lipinski definition) is 1. The van der Waals surface area contributed by atoms with Gasteiger partial charge in [0, 0.05) is 18.9 Å². The van der Waals surface area contributed by atoms with Crippen molar-refractivity contribution in [2.24, 2.45) is 0 Å². The first-order chi connectivity index (χ1) is 9.60. The summed E-state index contributed by atoms with van der Waals surface area (Å²) in [6, 6.07) is 5.75. The van der Waals surface area contributed by atoms with E-state index in [1.165, 1.54) is 0 Å². The van der Waals surface area contributed by atoms with E-state index in [1.807, 2.05) is 32.0 Å². The molecule has 0 heterocycles. The quantitative estimate of drug-likeness (QED) is 0.908. The smallest absolute Gasteiger partial charge is 0.133 e. The Labute approximate surface area is 122 Å². The average Bonchev–Trinajstić information content (AvgIpc) is 2.44. The predicted molar refractivity (Wildman–Crippen MR) is 79.2 cm³/mol. The standard InChI is InChI=1S/C15H21NO3S/c1-3-19-15-9-8-14(10-11(15)2)20(18)16-12-4-6-13(17)7-5-12/h8-10,12,16H,3-7H2,1-2H3. The number of ether oxygens (including phenoxy) is 1. The number of hydrogen-bond acceptors (Lipinski definition) is 3. The number of nitrogens with one attached hydrogen (secondary N) is 1. The Hall–Kier alpha value is -1.20. The Morgan fingerprint density at radius 1 is 1.35 bits per heavy atom. The zero-order valence-corrected chi connectivity index (χ0v) is 12.8. The van der Waals surface area contributed by atoms with Gasteiger partial charge in [-0.3, -0.25) is 4.79 Å². The Bertz CT molecular complexity index is 506. The van der Waals surface area contributed by atoms with Crippen LogP contribution in [0.25, 0.3) is 0 Å². The van der Waals surface area contributed by atoms with E-state index in [2.05, 4.69) is 4.72 Å². The molecule has 1 unspecified atom stereocenters. The number of rotatable bonds is 5. The van der Waals surface area contributed by atoms with Gasteiger partial charge in [0.15, 0.2) is 0 Å². The van der Waals surface area contributed by atoms with Crippen molar-refractivity contribution in [1.82, 2.24) is 4.72 Å². The van der Waals surface area contributed by atoms with Gasteiger partial charge < -0.3 is 4.74 Å². The highest BCUT2D eigenvalue weighted by Gasteiger charge is 2.20. The highest BCUT2D eigenvalue weighted by atomic mass is 32.2. The van der Waals surface area contributed by atoms with Crippen LogP contribution in [0.5, 0.6) is 5.75 Å². The van der Waals surface area contributed by atoms with Crippen molar-refractivity contribution in [2.45, 2.75) is 50.5 Å². The second-order valence-electron chi connectivity index (χ2n) is 5.06. The first kappa shape index (κ1) is 15.2. The second kappa shape index (κ2) is 6.99. The van der Waals surface area contributed by atoms with Gasteiger partial charge in [-0.15, -0.1) is 0 Å². The number of ketones is 1. The van der Waals surface area contributed by atoms with Crippen LogP contribution < -0.4 is 9.46 Å². The third kappa shape index (κ3) is 3.90. The minimum absolute atomic E-state index is 0.167. The summed E-state index contributed by atoms with van der Waals surface area (Å²) >= 11 is 0. The number of carbonyl (C=O) groups is 1. The molecule has 1 aliphatic carbocycles. The van der Waals surface area contributed by atoms with E-state index in [9.17, 15) is 9.00 Å². The van der Waals surface area contributed by atoms with Crippen molar-refractivity contribution < 1.29 is 13.7 Å². The molecule has 0 bridgehead atoms. The molecule has 1 fully saturated rings. The van der Waals surface area contributed by atoms with Gasteiger partial charge in [-0.1, -0.05) is 0 Å². The van der Waals surface area contributed by atoms with Crippen molar-refractivity contribution in [1.29, 1.82) is 0 Å². The van der Waals surface area contributed by atoms with Gasteiger partial charge in [-0.2, -0.15) is 0 Å². The lowest BCUT2D eigenvalue weighted by atomic mass is 9.95. The lowest BCUT2D eigenvalue weighted by Gasteiger charge is -2.21. The molecule has 0 aliphatic heterocycles. The van der Waals surface area contributed by atoms with Gasteiger partial charge in [-0.05, 0) is 50.5 Å². The lowest BCUT2D eigenvalue weighted by molar-refractivity contribution is -0.120. The minimum atomic E-state index is -1.23. The highest BCUT2D eigenvalue weighted by molar-refractivity contribution is 7.83. The van der Waals surface area contributed by atoms with Crippen LogP contribution in [0.2, 0.25) is 0 Å². The van der Waals surface area contributed by atoms with Gasteiger partial charge in [-0.25, -0.2) is 8.93 Å². The summed E-state index contributed by atoms with van der Waals surface area (Å²) in [5, 5.41) is 0. The molecule has 1 atom stereocenters. The summed E-state index contributed by atoms with van der Waals surface area (Å²) in [6.45, 7) is 4.51. The molecule has 20 heavy (non-hydrogen) atoms. The largest absolute Gasteiger partial charge is 0.494 e. The van der Waals surface area contributed by atoms with Gasteiger partial charge in [0.1, 0.15) is 22.5 Å². The summed E-state index contributed by atoms with van der Waals surface area (Å²) < 4.78 is 20.9. The minimum Gasteiger partial charge on any atom is -0.494 e. The van der Waals surface area contributed by atoms with Gasteiger partial charge in [0.05, 0.1) is 11.5 Å². The molecule has 0 aromatic heterocycles. The molecule has 0 amide bonds. The fraction of sp³-hybridized carbons (Fsp3) is 0.533. The summed E-state index contributed by atoms with van der Waals surface area (Å²) in [4.78, 5) is 11.9. The monoisotopic (exact) mass is 295 g/mol. The van der Waals surface area contributed by atoms with Gasteiger partial charge in [0.25, 0.3) is 0 Å². The van der Waals surface area contributed by atoms with Crippen LogP contribution in [0.15, 0.2) is 23.1 Å². The van der Waals surface area contributed by atoms with Crippen LogP contribution in [0.4, 0.5) is 0 Å². The molecule has 1 aliphatic rings. The zero-order chi connectivity index (χ0) is 14.5. The number of Topliss-reactive ketones (excluding diaryl/α,β-unsaturated/α-hetero) is 1. The fourth-order valence-electron chi connectivity index (χ4n) is 2.33. The molecule has 0 radical (unpaired) electrons. The van der Waals surface area contributed by atoms with E-state index < -0.39 is 11.0 Å². The Morgan fingerprint density at radius 3 is 2.65 bits per heavy atom. The van der Waals surface area contributed by atoms with Crippen LogP contribution in [0.3, 0.4) is 0 Å². The topological polar surface area (TPSA) is 55.4 Å². The third-order valence-corrected chi connectivity index (χ3v) is 4.71. The first-order valence-electron chi connectivity index (χ1n) is 7.03. The molecule has 5 heteroatoms. The summed E-state index contributed by atoms with van der Waals surface area (Å²) in [7, 11) is -1.23. The maximum absolute atomic E-state index is 12.3. The van der Waals surface area contributed by atoms with Crippen LogP contribution in [-0.4, -0.2) is 22.6 Å². The van der Waals surface area contributed by atoms with E-state index in [4.69, 9.17) is 4.74 Å². The summed E-state index contributed by atoms with van der Waals surface area (Å²) in [5.41, 5.74) is 0.985. The molecular formula is C15H21NO3S. The number of benzene rings is 1.